The van der Waals surface area contributed by atoms with Gasteiger partial charge in [-0.15, -0.1) is 11.8 Å². The van der Waals surface area contributed by atoms with E-state index in [-0.39, 0.29) is 0 Å². The maximum Gasteiger partial charge on any atom is 0.0695 e. The zero-order valence-electron chi connectivity index (χ0n) is 9.23. The van der Waals surface area contributed by atoms with Gasteiger partial charge in [-0.05, 0) is 23.4 Å². The number of H-pyrrole nitrogens is 1. The van der Waals surface area contributed by atoms with Gasteiger partial charge in [-0.25, -0.2) is 0 Å². The number of nitrogens with zero attached hydrogens (tertiary/aromatic N) is 1. The molecule has 2 rings (SSSR count). The number of hydrogen-bond acceptors (Lipinski definition) is 3. The average molecular weight is 233 g/mol. The molecule has 0 aliphatic carbocycles. The second-order valence-electron chi connectivity index (χ2n) is 3.43. The highest BCUT2D eigenvalue weighted by Gasteiger charge is 2.05. The topological polar surface area (TPSA) is 54.7 Å². The van der Waals surface area contributed by atoms with Crippen molar-refractivity contribution in [2.45, 2.75) is 18.4 Å². The van der Waals surface area contributed by atoms with Gasteiger partial charge < -0.3 is 5.73 Å². The lowest BCUT2D eigenvalue weighted by molar-refractivity contribution is 1.08. The Balaban J connectivity index is 2.27. The molecule has 0 aliphatic heterocycles. The highest BCUT2D eigenvalue weighted by atomic mass is 32.2. The summed E-state index contributed by atoms with van der Waals surface area (Å²) in [7, 11) is 0. The molecule has 0 aliphatic rings. The van der Waals surface area contributed by atoms with Gasteiger partial charge in [0.25, 0.3) is 0 Å². The summed E-state index contributed by atoms with van der Waals surface area (Å²) in [6.07, 6.45) is 1.78. The van der Waals surface area contributed by atoms with Crippen LogP contribution in [0.5, 0.6) is 0 Å². The number of aromatic amines is 1. The van der Waals surface area contributed by atoms with Crippen LogP contribution in [-0.4, -0.2) is 16.0 Å². The lowest BCUT2D eigenvalue weighted by atomic mass is 10.1. The van der Waals surface area contributed by atoms with Gasteiger partial charge in [0.2, 0.25) is 0 Å². The Morgan fingerprint density at radius 3 is 2.69 bits per heavy atom. The van der Waals surface area contributed by atoms with Crippen LogP contribution in [-0.2, 0) is 6.54 Å². The zero-order valence-corrected chi connectivity index (χ0v) is 10.1. The first-order chi connectivity index (χ1) is 7.85. The van der Waals surface area contributed by atoms with Crippen molar-refractivity contribution in [1.82, 2.24) is 10.2 Å². The number of aromatic nitrogens is 2. The standard InChI is InChI=1S/C12H15N3S/c1-2-16-11-5-3-9(4-6-11)12-10(7-13)8-14-15-12/h3-6,8H,2,7,13H2,1H3,(H,14,15). The summed E-state index contributed by atoms with van der Waals surface area (Å²) in [5.41, 5.74) is 8.86. The van der Waals surface area contributed by atoms with Crippen molar-refractivity contribution in [3.8, 4) is 11.3 Å². The van der Waals surface area contributed by atoms with Crippen LogP contribution < -0.4 is 5.73 Å². The molecule has 0 unspecified atom stereocenters. The van der Waals surface area contributed by atoms with Crippen LogP contribution in [0.25, 0.3) is 11.3 Å². The molecular formula is C12H15N3S. The number of thioether (sulfide) groups is 1. The van der Waals surface area contributed by atoms with E-state index in [2.05, 4.69) is 41.4 Å². The highest BCUT2D eigenvalue weighted by molar-refractivity contribution is 7.99. The van der Waals surface area contributed by atoms with E-state index in [4.69, 9.17) is 5.73 Å². The summed E-state index contributed by atoms with van der Waals surface area (Å²) >= 11 is 1.84. The molecular weight excluding hydrogens is 218 g/mol. The molecule has 1 aromatic carbocycles. The van der Waals surface area contributed by atoms with Crippen LogP contribution in [0.4, 0.5) is 0 Å². The fourth-order valence-corrected chi connectivity index (χ4v) is 2.26. The van der Waals surface area contributed by atoms with E-state index < -0.39 is 0 Å². The molecule has 3 N–H and O–H groups in total. The third-order valence-corrected chi connectivity index (χ3v) is 3.29. The van der Waals surface area contributed by atoms with Crippen molar-refractivity contribution in [3.05, 3.63) is 36.0 Å². The van der Waals surface area contributed by atoms with Crippen LogP contribution >= 0.6 is 11.8 Å². The molecule has 0 saturated heterocycles. The minimum absolute atomic E-state index is 0.511. The molecule has 1 aromatic heterocycles. The maximum atomic E-state index is 5.65. The second kappa shape index (κ2) is 5.18. The second-order valence-corrected chi connectivity index (χ2v) is 4.77. The first-order valence-electron chi connectivity index (χ1n) is 5.30. The summed E-state index contributed by atoms with van der Waals surface area (Å²) in [6, 6.07) is 8.46. The van der Waals surface area contributed by atoms with E-state index in [0.29, 0.717) is 6.54 Å². The van der Waals surface area contributed by atoms with Crippen LogP contribution in [0.15, 0.2) is 35.4 Å². The Labute approximate surface area is 99.4 Å². The first-order valence-corrected chi connectivity index (χ1v) is 6.29. The summed E-state index contributed by atoms with van der Waals surface area (Å²) in [6.45, 7) is 2.66. The quantitative estimate of drug-likeness (QED) is 0.798. The van der Waals surface area contributed by atoms with Crippen LogP contribution in [0, 0.1) is 0 Å². The maximum absolute atomic E-state index is 5.65. The van der Waals surface area contributed by atoms with Gasteiger partial charge in [-0.3, -0.25) is 5.10 Å². The molecule has 16 heavy (non-hydrogen) atoms. The van der Waals surface area contributed by atoms with Crippen LogP contribution in [0.3, 0.4) is 0 Å². The molecule has 0 radical (unpaired) electrons. The van der Waals surface area contributed by atoms with Gasteiger partial charge in [-0.1, -0.05) is 19.1 Å². The minimum atomic E-state index is 0.511. The Bertz CT molecular complexity index is 448. The number of hydrogen-bond donors (Lipinski definition) is 2. The molecule has 0 amide bonds. The smallest absolute Gasteiger partial charge is 0.0695 e. The highest BCUT2D eigenvalue weighted by Crippen LogP contribution is 2.24. The van der Waals surface area contributed by atoms with Gasteiger partial charge in [0.1, 0.15) is 0 Å². The normalized spacial score (nSPS) is 10.6. The minimum Gasteiger partial charge on any atom is -0.326 e. The molecule has 3 nitrogen and oxygen atoms in total. The van der Waals surface area contributed by atoms with Crippen molar-refractivity contribution >= 4 is 11.8 Å². The Kier molecular flexibility index (Phi) is 3.64. The van der Waals surface area contributed by atoms with E-state index in [9.17, 15) is 0 Å². The van der Waals surface area contributed by atoms with E-state index in [1.54, 1.807) is 6.20 Å². The zero-order chi connectivity index (χ0) is 11.4. The molecule has 1 heterocycles. The Hall–Kier alpha value is -1.26. The monoisotopic (exact) mass is 233 g/mol. The number of nitrogens with one attached hydrogen (secondary N) is 1. The van der Waals surface area contributed by atoms with Crippen LogP contribution in [0.2, 0.25) is 0 Å². The fourth-order valence-electron chi connectivity index (χ4n) is 1.60. The first kappa shape index (κ1) is 11.2. The van der Waals surface area contributed by atoms with E-state index in [1.807, 2.05) is 11.8 Å². The van der Waals surface area contributed by atoms with Crippen molar-refractivity contribution in [2.75, 3.05) is 5.75 Å². The predicted octanol–water partition coefficient (Wildman–Crippen LogP) is 2.65. The van der Waals surface area contributed by atoms with Crippen molar-refractivity contribution in [2.24, 2.45) is 5.73 Å². The van der Waals surface area contributed by atoms with Gasteiger partial charge in [0, 0.05) is 17.0 Å². The van der Waals surface area contributed by atoms with E-state index in [0.717, 1.165) is 22.6 Å². The molecule has 0 fully saturated rings. The third kappa shape index (κ3) is 2.28. The van der Waals surface area contributed by atoms with Crippen molar-refractivity contribution in [3.63, 3.8) is 0 Å². The summed E-state index contributed by atoms with van der Waals surface area (Å²) in [5, 5.41) is 7.01. The number of rotatable bonds is 4. The number of nitrogens with two attached hydrogens (primary N) is 1. The van der Waals surface area contributed by atoms with Crippen molar-refractivity contribution in [1.29, 1.82) is 0 Å². The average Bonchev–Trinajstić information content (AvgIpc) is 2.78. The summed E-state index contributed by atoms with van der Waals surface area (Å²) in [4.78, 5) is 1.29. The van der Waals surface area contributed by atoms with E-state index >= 15 is 0 Å². The molecule has 0 atom stereocenters. The lowest BCUT2D eigenvalue weighted by Crippen LogP contribution is -1.96. The molecule has 0 spiro atoms. The fraction of sp³-hybridized carbons (Fsp3) is 0.250. The van der Waals surface area contributed by atoms with Crippen LogP contribution in [0.1, 0.15) is 12.5 Å². The van der Waals surface area contributed by atoms with E-state index in [1.165, 1.54) is 4.90 Å². The van der Waals surface area contributed by atoms with Gasteiger partial charge in [0.05, 0.1) is 11.9 Å². The molecule has 2 aromatic rings. The molecule has 4 heteroatoms. The number of benzene rings is 1. The summed E-state index contributed by atoms with van der Waals surface area (Å²) < 4.78 is 0. The Morgan fingerprint density at radius 1 is 1.31 bits per heavy atom. The predicted molar refractivity (Wildman–Crippen MR) is 68.3 cm³/mol. The molecule has 0 bridgehead atoms. The van der Waals surface area contributed by atoms with Gasteiger partial charge in [-0.2, -0.15) is 5.10 Å². The van der Waals surface area contributed by atoms with Gasteiger partial charge in [0.15, 0.2) is 0 Å². The third-order valence-electron chi connectivity index (χ3n) is 2.39. The SMILES string of the molecule is CCSc1ccc(-c2[nH]ncc2CN)cc1. The molecule has 84 valence electrons. The molecule has 0 saturated carbocycles. The Morgan fingerprint density at radius 2 is 2.06 bits per heavy atom. The summed E-state index contributed by atoms with van der Waals surface area (Å²) in [5.74, 6) is 1.09. The van der Waals surface area contributed by atoms with Gasteiger partial charge >= 0.3 is 0 Å². The largest absolute Gasteiger partial charge is 0.326 e. The van der Waals surface area contributed by atoms with Crippen molar-refractivity contribution < 1.29 is 0 Å². The lowest BCUT2D eigenvalue weighted by Gasteiger charge is -2.03.